The van der Waals surface area contributed by atoms with Gasteiger partial charge < -0.3 is 14.6 Å². The van der Waals surface area contributed by atoms with Crippen LogP contribution in [-0.4, -0.2) is 24.8 Å². The third-order valence-electron chi connectivity index (χ3n) is 3.19. The minimum absolute atomic E-state index is 0.116. The molecule has 4 nitrogen and oxygen atoms in total. The van der Waals surface area contributed by atoms with E-state index in [4.69, 9.17) is 26.2 Å². The van der Waals surface area contributed by atoms with Gasteiger partial charge in [0.15, 0.2) is 0 Å². The van der Waals surface area contributed by atoms with Crippen molar-refractivity contribution in [1.82, 2.24) is 0 Å². The molecule has 5 heteroatoms. The summed E-state index contributed by atoms with van der Waals surface area (Å²) in [5.74, 6) is 0.256. The van der Waals surface area contributed by atoms with E-state index in [1.807, 2.05) is 24.3 Å². The average molecular weight is 321 g/mol. The van der Waals surface area contributed by atoms with Crippen molar-refractivity contribution in [3.63, 3.8) is 0 Å². The van der Waals surface area contributed by atoms with Gasteiger partial charge in [0.05, 0.1) is 12.7 Å². The molecule has 0 spiro atoms. The Hall–Kier alpha value is -2.04. The number of esters is 1. The van der Waals surface area contributed by atoms with Crippen molar-refractivity contribution < 1.29 is 19.4 Å². The number of hydrogen-bond acceptors (Lipinski definition) is 4. The van der Waals surface area contributed by atoms with Crippen molar-refractivity contribution in [1.29, 1.82) is 0 Å². The first kappa shape index (κ1) is 16.3. The Bertz CT molecular complexity index is 638. The summed E-state index contributed by atoms with van der Waals surface area (Å²) in [5, 5.41) is 9.42. The van der Waals surface area contributed by atoms with Crippen LogP contribution in [-0.2, 0) is 17.8 Å². The summed E-state index contributed by atoms with van der Waals surface area (Å²) < 4.78 is 10.4. The lowest BCUT2D eigenvalue weighted by Crippen LogP contribution is -2.08. The average Bonchev–Trinajstić information content (AvgIpc) is 2.54. The number of rotatable bonds is 6. The maximum absolute atomic E-state index is 11.7. The Morgan fingerprint density at radius 2 is 1.91 bits per heavy atom. The van der Waals surface area contributed by atoms with Crippen molar-refractivity contribution in [2.75, 3.05) is 13.7 Å². The Labute approximate surface area is 134 Å². The summed E-state index contributed by atoms with van der Waals surface area (Å²) in [7, 11) is 1.33. The van der Waals surface area contributed by atoms with Crippen LogP contribution in [0.3, 0.4) is 0 Å². The highest BCUT2D eigenvalue weighted by atomic mass is 35.5. The van der Waals surface area contributed by atoms with Crippen molar-refractivity contribution in [3.8, 4) is 5.75 Å². The summed E-state index contributed by atoms with van der Waals surface area (Å²) in [6.45, 7) is 0.329. The van der Waals surface area contributed by atoms with Crippen LogP contribution >= 0.6 is 11.6 Å². The predicted octanol–water partition coefficient (Wildman–Crippen LogP) is 3.24. The molecule has 0 heterocycles. The first-order valence-electron chi connectivity index (χ1n) is 6.83. The molecule has 0 saturated heterocycles. The third-order valence-corrected chi connectivity index (χ3v) is 3.43. The summed E-state index contributed by atoms with van der Waals surface area (Å²) >= 11 is 5.97. The molecule has 0 fully saturated rings. The van der Waals surface area contributed by atoms with Crippen LogP contribution in [0.1, 0.15) is 21.5 Å². The molecule has 0 aliphatic heterocycles. The van der Waals surface area contributed by atoms with Gasteiger partial charge in [0, 0.05) is 17.2 Å². The van der Waals surface area contributed by atoms with Gasteiger partial charge in [-0.05, 0) is 42.3 Å². The van der Waals surface area contributed by atoms with Gasteiger partial charge in [0.1, 0.15) is 12.4 Å². The Morgan fingerprint density at radius 3 is 2.55 bits per heavy atom. The van der Waals surface area contributed by atoms with Gasteiger partial charge in [-0.1, -0.05) is 23.7 Å². The molecule has 2 rings (SSSR count). The Morgan fingerprint density at radius 1 is 1.18 bits per heavy atom. The van der Waals surface area contributed by atoms with E-state index < -0.39 is 5.97 Å². The third kappa shape index (κ3) is 4.23. The molecule has 2 aromatic carbocycles. The van der Waals surface area contributed by atoms with Crippen LogP contribution in [0.4, 0.5) is 0 Å². The largest absolute Gasteiger partial charge is 0.489 e. The van der Waals surface area contributed by atoms with Gasteiger partial charge in [-0.15, -0.1) is 0 Å². The fourth-order valence-corrected chi connectivity index (χ4v) is 2.23. The molecule has 0 aromatic heterocycles. The zero-order valence-corrected chi connectivity index (χ0v) is 13.0. The number of aliphatic hydroxyl groups is 1. The molecule has 0 bridgehead atoms. The summed E-state index contributed by atoms with van der Waals surface area (Å²) in [6, 6.07) is 12.4. The SMILES string of the molecule is COC(=O)c1ccc(Cl)cc1COc1ccc(CCO)cc1. The van der Waals surface area contributed by atoms with Gasteiger partial charge in [-0.2, -0.15) is 0 Å². The zero-order chi connectivity index (χ0) is 15.9. The van der Waals surface area contributed by atoms with E-state index >= 15 is 0 Å². The van der Waals surface area contributed by atoms with E-state index in [2.05, 4.69) is 0 Å². The van der Waals surface area contributed by atoms with E-state index in [1.54, 1.807) is 18.2 Å². The van der Waals surface area contributed by atoms with E-state index in [-0.39, 0.29) is 13.2 Å². The number of carbonyl (C=O) groups excluding carboxylic acids is 1. The van der Waals surface area contributed by atoms with Crippen molar-refractivity contribution in [2.45, 2.75) is 13.0 Å². The summed E-state index contributed by atoms with van der Waals surface area (Å²) in [5.41, 5.74) is 2.13. The fourth-order valence-electron chi connectivity index (χ4n) is 2.03. The monoisotopic (exact) mass is 320 g/mol. The summed E-state index contributed by atoms with van der Waals surface area (Å²) in [6.07, 6.45) is 0.612. The van der Waals surface area contributed by atoms with Crippen molar-refractivity contribution in [2.24, 2.45) is 0 Å². The minimum Gasteiger partial charge on any atom is -0.489 e. The van der Waals surface area contributed by atoms with E-state index in [9.17, 15) is 4.79 Å². The van der Waals surface area contributed by atoms with Gasteiger partial charge >= 0.3 is 5.97 Å². The number of methoxy groups -OCH3 is 1. The highest BCUT2D eigenvalue weighted by molar-refractivity contribution is 6.30. The van der Waals surface area contributed by atoms with E-state index in [0.717, 1.165) is 5.56 Å². The van der Waals surface area contributed by atoms with Gasteiger partial charge in [0.2, 0.25) is 0 Å². The highest BCUT2D eigenvalue weighted by Crippen LogP contribution is 2.20. The molecule has 0 radical (unpaired) electrons. The molecule has 1 N–H and O–H groups in total. The molecule has 0 saturated carbocycles. The number of ether oxygens (including phenoxy) is 2. The molecule has 0 aliphatic rings. The van der Waals surface area contributed by atoms with Crippen LogP contribution in [0, 0.1) is 0 Å². The predicted molar refractivity (Wildman–Crippen MR) is 84.4 cm³/mol. The topological polar surface area (TPSA) is 55.8 Å². The second kappa shape index (κ2) is 7.82. The number of aliphatic hydroxyl groups excluding tert-OH is 1. The van der Waals surface area contributed by atoms with Crippen LogP contribution in [0.25, 0.3) is 0 Å². The molecule has 0 unspecified atom stereocenters. The standard InChI is InChI=1S/C17H17ClO4/c1-21-17(20)16-7-4-14(18)10-13(16)11-22-15-5-2-12(3-6-15)8-9-19/h2-7,10,19H,8-9,11H2,1H3. The van der Waals surface area contributed by atoms with Crippen molar-refractivity contribution >= 4 is 17.6 Å². The molecule has 2 aromatic rings. The van der Waals surface area contributed by atoms with Crippen LogP contribution in [0.5, 0.6) is 5.75 Å². The lowest BCUT2D eigenvalue weighted by Gasteiger charge is -2.11. The normalized spacial score (nSPS) is 10.3. The smallest absolute Gasteiger partial charge is 0.338 e. The number of halogens is 1. The molecule has 0 aliphatic carbocycles. The van der Waals surface area contributed by atoms with E-state index in [0.29, 0.717) is 28.3 Å². The second-order valence-electron chi connectivity index (χ2n) is 4.70. The second-order valence-corrected chi connectivity index (χ2v) is 5.14. The number of hydrogen-bond donors (Lipinski definition) is 1. The Kier molecular flexibility index (Phi) is 5.81. The molecule has 0 amide bonds. The van der Waals surface area contributed by atoms with Gasteiger partial charge in [0.25, 0.3) is 0 Å². The molecule has 116 valence electrons. The molecular weight excluding hydrogens is 304 g/mol. The molecule has 22 heavy (non-hydrogen) atoms. The Balaban J connectivity index is 2.10. The summed E-state index contributed by atoms with van der Waals surface area (Å²) in [4.78, 5) is 11.7. The van der Waals surface area contributed by atoms with Gasteiger partial charge in [-0.3, -0.25) is 0 Å². The van der Waals surface area contributed by atoms with Gasteiger partial charge in [-0.25, -0.2) is 4.79 Å². The minimum atomic E-state index is -0.423. The number of carbonyl (C=O) groups is 1. The van der Waals surface area contributed by atoms with Crippen molar-refractivity contribution in [3.05, 3.63) is 64.2 Å². The first-order chi connectivity index (χ1) is 10.6. The quantitative estimate of drug-likeness (QED) is 0.830. The zero-order valence-electron chi connectivity index (χ0n) is 12.2. The lowest BCUT2D eigenvalue weighted by atomic mass is 10.1. The maximum Gasteiger partial charge on any atom is 0.338 e. The first-order valence-corrected chi connectivity index (χ1v) is 7.21. The number of benzene rings is 2. The van der Waals surface area contributed by atoms with Crippen LogP contribution in [0.15, 0.2) is 42.5 Å². The molecule has 0 atom stereocenters. The molecular formula is C17H17ClO4. The van der Waals surface area contributed by atoms with E-state index in [1.165, 1.54) is 7.11 Å². The van der Waals surface area contributed by atoms with Crippen LogP contribution < -0.4 is 4.74 Å². The maximum atomic E-state index is 11.7. The van der Waals surface area contributed by atoms with Crippen LogP contribution in [0.2, 0.25) is 5.02 Å². The fraction of sp³-hybridized carbons (Fsp3) is 0.235. The highest BCUT2D eigenvalue weighted by Gasteiger charge is 2.12. The lowest BCUT2D eigenvalue weighted by molar-refractivity contribution is 0.0597.